The molecule has 1 aromatic rings. The first-order chi connectivity index (χ1) is 9.46. The van der Waals surface area contributed by atoms with Crippen molar-refractivity contribution in [2.24, 2.45) is 5.41 Å². The van der Waals surface area contributed by atoms with Gasteiger partial charge in [-0.2, -0.15) is 0 Å². The number of hydrogen-bond acceptors (Lipinski definition) is 1. The van der Waals surface area contributed by atoms with E-state index in [1.807, 2.05) is 0 Å². The lowest BCUT2D eigenvalue weighted by molar-refractivity contribution is 0.0910. The van der Waals surface area contributed by atoms with Crippen LogP contribution in [0.2, 0.25) is 0 Å². The van der Waals surface area contributed by atoms with Crippen LogP contribution < -0.4 is 0 Å². The Balaban J connectivity index is 1.86. The summed E-state index contributed by atoms with van der Waals surface area (Å²) >= 11 is 0. The molecule has 3 rings (SSSR count). The smallest absolute Gasteiger partial charge is 0.165 e. The lowest BCUT2D eigenvalue weighted by Crippen LogP contribution is -2.28. The lowest BCUT2D eigenvalue weighted by atomic mass is 9.76. The minimum absolute atomic E-state index is 0.110. The Morgan fingerprint density at radius 3 is 2.80 bits per heavy atom. The van der Waals surface area contributed by atoms with Crippen LogP contribution in [0.3, 0.4) is 0 Å². The van der Waals surface area contributed by atoms with Gasteiger partial charge in [0.2, 0.25) is 0 Å². The Hall–Kier alpha value is -1.31. The minimum atomic E-state index is 0.110. The van der Waals surface area contributed by atoms with E-state index in [9.17, 15) is 4.79 Å². The fourth-order valence-corrected chi connectivity index (χ4v) is 3.74. The Labute approximate surface area is 121 Å². The molecule has 2 heteroatoms. The molecule has 2 aliphatic carbocycles. The molecule has 0 unspecified atom stereocenters. The highest BCUT2D eigenvalue weighted by Gasteiger charge is 2.33. The summed E-state index contributed by atoms with van der Waals surface area (Å²) in [6, 6.07) is 2.11. The highest BCUT2D eigenvalue weighted by atomic mass is 16.1. The maximum Gasteiger partial charge on any atom is 0.165 e. The van der Waals surface area contributed by atoms with Gasteiger partial charge in [-0.1, -0.05) is 25.5 Å². The molecule has 0 saturated carbocycles. The van der Waals surface area contributed by atoms with Crippen molar-refractivity contribution < 1.29 is 4.79 Å². The number of carbonyl (C=O) groups excluding carboxylic acids is 1. The van der Waals surface area contributed by atoms with Gasteiger partial charge in [-0.3, -0.25) is 4.79 Å². The van der Waals surface area contributed by atoms with Crippen molar-refractivity contribution in [2.75, 3.05) is 0 Å². The molecule has 108 valence electrons. The van der Waals surface area contributed by atoms with E-state index in [2.05, 4.69) is 37.5 Å². The van der Waals surface area contributed by atoms with Crippen LogP contribution in [0.15, 0.2) is 17.7 Å². The average Bonchev–Trinajstić information content (AvgIpc) is 2.94. The van der Waals surface area contributed by atoms with Crippen molar-refractivity contribution in [2.45, 2.75) is 65.8 Å². The standard InChI is InChI=1S/C18H25NO/c1-13-10-15-16(11-18(2,3)12-17(15)20)19(13)9-8-14-6-4-5-7-14/h6,10H,4-5,7-9,11-12H2,1-3H3. The molecule has 0 aliphatic heterocycles. The fraction of sp³-hybridized carbons (Fsp3) is 0.611. The zero-order valence-electron chi connectivity index (χ0n) is 13.0. The summed E-state index contributed by atoms with van der Waals surface area (Å²) < 4.78 is 2.40. The van der Waals surface area contributed by atoms with Crippen LogP contribution in [-0.4, -0.2) is 10.4 Å². The highest BCUT2D eigenvalue weighted by Crippen LogP contribution is 2.36. The number of rotatable bonds is 3. The zero-order valence-corrected chi connectivity index (χ0v) is 13.0. The van der Waals surface area contributed by atoms with E-state index in [1.54, 1.807) is 5.57 Å². The van der Waals surface area contributed by atoms with Crippen molar-refractivity contribution >= 4 is 5.78 Å². The van der Waals surface area contributed by atoms with Crippen LogP contribution in [0.1, 0.15) is 67.7 Å². The summed E-state index contributed by atoms with van der Waals surface area (Å²) in [6.07, 6.45) is 9.12. The Bertz CT molecular complexity index is 574. The van der Waals surface area contributed by atoms with E-state index in [1.165, 1.54) is 30.7 Å². The summed E-state index contributed by atoms with van der Waals surface area (Å²) in [5, 5.41) is 0. The van der Waals surface area contributed by atoms with Gasteiger partial charge < -0.3 is 4.57 Å². The molecule has 0 aromatic carbocycles. The number of carbonyl (C=O) groups is 1. The SMILES string of the molecule is Cc1cc2c(n1CCC1=CCCC1)CC(C)(C)CC2=O. The predicted octanol–water partition coefficient (Wildman–Crippen LogP) is 4.45. The number of fused-ring (bicyclic) bond motifs is 1. The summed E-state index contributed by atoms with van der Waals surface area (Å²) in [5.41, 5.74) is 5.23. The first kappa shape index (κ1) is 13.7. The average molecular weight is 271 g/mol. The molecule has 0 bridgehead atoms. The maximum absolute atomic E-state index is 12.3. The Morgan fingerprint density at radius 2 is 2.10 bits per heavy atom. The fourth-order valence-electron chi connectivity index (χ4n) is 3.74. The highest BCUT2D eigenvalue weighted by molar-refractivity contribution is 5.99. The van der Waals surface area contributed by atoms with Gasteiger partial charge in [0.15, 0.2) is 5.78 Å². The zero-order chi connectivity index (χ0) is 14.3. The molecule has 0 saturated heterocycles. The van der Waals surface area contributed by atoms with Crippen LogP contribution in [0, 0.1) is 12.3 Å². The van der Waals surface area contributed by atoms with Gasteiger partial charge in [0.25, 0.3) is 0 Å². The van der Waals surface area contributed by atoms with Crippen molar-refractivity contribution in [1.29, 1.82) is 0 Å². The molecule has 20 heavy (non-hydrogen) atoms. The van der Waals surface area contributed by atoms with Gasteiger partial charge in [-0.25, -0.2) is 0 Å². The molecule has 0 atom stereocenters. The van der Waals surface area contributed by atoms with Crippen molar-refractivity contribution in [3.8, 4) is 0 Å². The van der Waals surface area contributed by atoms with Crippen molar-refractivity contribution in [3.05, 3.63) is 34.7 Å². The normalized spacial score (nSPS) is 20.9. The van der Waals surface area contributed by atoms with Gasteiger partial charge in [0, 0.05) is 29.9 Å². The number of nitrogens with zero attached hydrogens (tertiary/aromatic N) is 1. The van der Waals surface area contributed by atoms with E-state index in [0.717, 1.165) is 24.9 Å². The Morgan fingerprint density at radius 1 is 1.30 bits per heavy atom. The number of hydrogen-bond donors (Lipinski definition) is 0. The van der Waals surface area contributed by atoms with Gasteiger partial charge in [0.05, 0.1) is 0 Å². The molecule has 1 aromatic heterocycles. The molecule has 2 nitrogen and oxygen atoms in total. The molecule has 0 fully saturated rings. The summed E-state index contributed by atoms with van der Waals surface area (Å²) in [6.45, 7) is 7.60. The monoisotopic (exact) mass is 271 g/mol. The molecular weight excluding hydrogens is 246 g/mol. The van der Waals surface area contributed by atoms with Gasteiger partial charge in [-0.15, -0.1) is 0 Å². The topological polar surface area (TPSA) is 22.0 Å². The molecule has 0 N–H and O–H groups in total. The third-order valence-corrected chi connectivity index (χ3v) is 4.79. The third kappa shape index (κ3) is 2.48. The van der Waals surface area contributed by atoms with Crippen molar-refractivity contribution in [1.82, 2.24) is 4.57 Å². The molecule has 0 amide bonds. The van der Waals surface area contributed by atoms with Crippen LogP contribution in [0.25, 0.3) is 0 Å². The van der Waals surface area contributed by atoms with E-state index < -0.39 is 0 Å². The van der Waals surface area contributed by atoms with E-state index in [4.69, 9.17) is 0 Å². The number of ketones is 1. The minimum Gasteiger partial charge on any atom is -0.348 e. The van der Waals surface area contributed by atoms with E-state index in [0.29, 0.717) is 12.2 Å². The molecule has 0 spiro atoms. The maximum atomic E-state index is 12.3. The second-order valence-electron chi connectivity index (χ2n) is 7.24. The van der Waals surface area contributed by atoms with Crippen LogP contribution in [0.5, 0.6) is 0 Å². The van der Waals surface area contributed by atoms with Crippen LogP contribution in [0.4, 0.5) is 0 Å². The Kier molecular flexibility index (Phi) is 3.35. The number of aromatic nitrogens is 1. The molecular formula is C18H25NO. The predicted molar refractivity (Wildman–Crippen MR) is 82.2 cm³/mol. The van der Waals surface area contributed by atoms with Gasteiger partial charge >= 0.3 is 0 Å². The van der Waals surface area contributed by atoms with Crippen molar-refractivity contribution in [3.63, 3.8) is 0 Å². The quantitative estimate of drug-likeness (QED) is 0.744. The van der Waals surface area contributed by atoms with Crippen LogP contribution in [-0.2, 0) is 13.0 Å². The second kappa shape index (κ2) is 4.91. The third-order valence-electron chi connectivity index (χ3n) is 4.79. The largest absolute Gasteiger partial charge is 0.348 e. The van der Waals surface area contributed by atoms with E-state index in [-0.39, 0.29) is 5.41 Å². The molecule has 0 radical (unpaired) electrons. The summed E-state index contributed by atoms with van der Waals surface area (Å²) in [5.74, 6) is 0.332. The van der Waals surface area contributed by atoms with Gasteiger partial charge in [-0.05, 0) is 50.5 Å². The first-order valence-corrected chi connectivity index (χ1v) is 7.86. The summed E-state index contributed by atoms with van der Waals surface area (Å²) in [7, 11) is 0. The van der Waals surface area contributed by atoms with Gasteiger partial charge in [0.1, 0.15) is 0 Å². The lowest BCUT2D eigenvalue weighted by Gasteiger charge is -2.30. The second-order valence-corrected chi connectivity index (χ2v) is 7.24. The molecule has 1 heterocycles. The van der Waals surface area contributed by atoms with E-state index >= 15 is 0 Å². The molecule has 2 aliphatic rings. The number of allylic oxidation sites excluding steroid dienone is 2. The van der Waals surface area contributed by atoms with Crippen LogP contribution >= 0.6 is 0 Å². The first-order valence-electron chi connectivity index (χ1n) is 7.86. The summed E-state index contributed by atoms with van der Waals surface area (Å²) in [4.78, 5) is 12.3. The number of aryl methyl sites for hydroxylation is 1. The number of Topliss-reactive ketones (excluding diaryl/α,β-unsaturated/α-hetero) is 1.